The van der Waals surface area contributed by atoms with Crippen molar-refractivity contribution in [2.24, 2.45) is 5.73 Å². The summed E-state index contributed by atoms with van der Waals surface area (Å²) >= 11 is 0. The topological polar surface area (TPSA) is 134 Å². The molecule has 0 fully saturated rings. The van der Waals surface area contributed by atoms with Crippen molar-refractivity contribution in [3.63, 3.8) is 0 Å². The highest BCUT2D eigenvalue weighted by Gasteiger charge is 2.37. The van der Waals surface area contributed by atoms with Crippen LogP contribution >= 0.6 is 0 Å². The molecule has 1 amide bonds. The Morgan fingerprint density at radius 3 is 2.67 bits per heavy atom. The zero-order valence-electron chi connectivity index (χ0n) is 14.5. The standard InChI is InChI=1S/C18H20BN3O5/c20-8-9-21-17(23)12-5-1-2-7-14(12)22-15-10-11-4-3-6-13(18(24)25)16(11)27-19(15)26/h1-7,15,22,26H,8-10,20H2,(H,21,23)(H,24,25)/t15-/m0/s1. The van der Waals surface area contributed by atoms with Crippen LogP contribution in [0.4, 0.5) is 5.69 Å². The summed E-state index contributed by atoms with van der Waals surface area (Å²) in [5, 5.41) is 25.5. The minimum atomic E-state index is -1.27. The molecule has 6 N–H and O–H groups in total. The third kappa shape index (κ3) is 4.04. The fraction of sp³-hybridized carbons (Fsp3) is 0.222. The van der Waals surface area contributed by atoms with E-state index >= 15 is 0 Å². The van der Waals surface area contributed by atoms with Crippen LogP contribution in [-0.4, -0.2) is 48.2 Å². The van der Waals surface area contributed by atoms with Crippen LogP contribution in [-0.2, 0) is 6.42 Å². The Kier molecular flexibility index (Phi) is 5.63. The van der Waals surface area contributed by atoms with Gasteiger partial charge in [0.25, 0.3) is 5.91 Å². The van der Waals surface area contributed by atoms with Gasteiger partial charge in [0.1, 0.15) is 5.75 Å². The van der Waals surface area contributed by atoms with E-state index in [1.807, 2.05) is 0 Å². The fourth-order valence-corrected chi connectivity index (χ4v) is 3.00. The molecule has 1 aliphatic heterocycles. The number of nitrogens with one attached hydrogen (secondary N) is 2. The molecule has 0 saturated carbocycles. The Morgan fingerprint density at radius 2 is 1.93 bits per heavy atom. The van der Waals surface area contributed by atoms with Crippen molar-refractivity contribution in [2.75, 3.05) is 18.4 Å². The maximum Gasteiger partial charge on any atom is 0.546 e. The number of carbonyl (C=O) groups excluding carboxylic acids is 1. The first kappa shape index (κ1) is 18.7. The lowest BCUT2D eigenvalue weighted by atomic mass is 9.72. The number of amides is 1. The zero-order chi connectivity index (χ0) is 19.4. The van der Waals surface area contributed by atoms with E-state index in [1.165, 1.54) is 6.07 Å². The number of para-hydroxylation sites is 2. The van der Waals surface area contributed by atoms with Gasteiger partial charge in [0.2, 0.25) is 0 Å². The number of carboxylic acid groups (broad SMARTS) is 1. The van der Waals surface area contributed by atoms with E-state index in [9.17, 15) is 19.7 Å². The van der Waals surface area contributed by atoms with Gasteiger partial charge in [-0.05, 0) is 30.2 Å². The number of anilines is 1. The van der Waals surface area contributed by atoms with Gasteiger partial charge >= 0.3 is 13.1 Å². The Labute approximate surface area is 156 Å². The second-order valence-corrected chi connectivity index (χ2v) is 6.15. The number of hydrogen-bond acceptors (Lipinski definition) is 6. The van der Waals surface area contributed by atoms with Gasteiger partial charge in [-0.2, -0.15) is 0 Å². The second-order valence-electron chi connectivity index (χ2n) is 6.15. The van der Waals surface area contributed by atoms with Gasteiger partial charge in [0.15, 0.2) is 0 Å². The summed E-state index contributed by atoms with van der Waals surface area (Å²) in [6.07, 6.45) is 0.344. The molecule has 0 saturated heterocycles. The number of hydrogen-bond donors (Lipinski definition) is 5. The lowest BCUT2D eigenvalue weighted by Gasteiger charge is -2.30. The predicted octanol–water partition coefficient (Wildman–Crippen LogP) is 0.509. The van der Waals surface area contributed by atoms with E-state index in [4.69, 9.17) is 10.4 Å². The number of fused-ring (bicyclic) bond motifs is 1. The third-order valence-corrected chi connectivity index (χ3v) is 4.29. The van der Waals surface area contributed by atoms with E-state index in [0.717, 1.165) is 0 Å². The quantitative estimate of drug-likeness (QED) is 0.469. The molecule has 2 aromatic carbocycles. The van der Waals surface area contributed by atoms with E-state index in [1.54, 1.807) is 36.4 Å². The highest BCUT2D eigenvalue weighted by molar-refractivity contribution is 6.47. The van der Waals surface area contributed by atoms with Gasteiger partial charge in [-0.15, -0.1) is 0 Å². The summed E-state index contributed by atoms with van der Waals surface area (Å²) in [6.45, 7) is 0.687. The third-order valence-electron chi connectivity index (χ3n) is 4.29. The average Bonchev–Trinajstić information content (AvgIpc) is 2.66. The smallest absolute Gasteiger partial charge is 0.534 e. The zero-order valence-corrected chi connectivity index (χ0v) is 14.5. The van der Waals surface area contributed by atoms with Crippen LogP contribution in [0, 0.1) is 0 Å². The van der Waals surface area contributed by atoms with Gasteiger partial charge in [0, 0.05) is 18.8 Å². The highest BCUT2D eigenvalue weighted by Crippen LogP contribution is 2.31. The van der Waals surface area contributed by atoms with Crippen molar-refractivity contribution >= 4 is 24.7 Å². The van der Waals surface area contributed by atoms with Crippen molar-refractivity contribution < 1.29 is 24.4 Å². The van der Waals surface area contributed by atoms with Crippen LogP contribution in [0.25, 0.3) is 0 Å². The Hall–Kier alpha value is -3.04. The molecule has 0 aliphatic carbocycles. The molecular formula is C18H20BN3O5. The second kappa shape index (κ2) is 8.11. The van der Waals surface area contributed by atoms with Gasteiger partial charge in [-0.3, -0.25) is 4.79 Å². The Morgan fingerprint density at radius 1 is 1.19 bits per heavy atom. The largest absolute Gasteiger partial charge is 0.546 e. The molecular weight excluding hydrogens is 349 g/mol. The first-order valence-corrected chi connectivity index (χ1v) is 8.55. The molecule has 8 nitrogen and oxygen atoms in total. The predicted molar refractivity (Wildman–Crippen MR) is 101 cm³/mol. The number of nitrogens with two attached hydrogens (primary N) is 1. The maximum atomic E-state index is 12.3. The van der Waals surface area contributed by atoms with Gasteiger partial charge in [-0.1, -0.05) is 24.3 Å². The minimum Gasteiger partial charge on any atom is -0.534 e. The average molecular weight is 369 g/mol. The number of aromatic carboxylic acids is 1. The first-order chi connectivity index (χ1) is 13.0. The molecule has 0 unspecified atom stereocenters. The van der Waals surface area contributed by atoms with E-state index in [-0.39, 0.29) is 17.2 Å². The van der Waals surface area contributed by atoms with Crippen LogP contribution in [0.3, 0.4) is 0 Å². The monoisotopic (exact) mass is 369 g/mol. The van der Waals surface area contributed by atoms with Crippen molar-refractivity contribution in [2.45, 2.75) is 12.4 Å². The van der Waals surface area contributed by atoms with E-state index < -0.39 is 19.0 Å². The van der Waals surface area contributed by atoms with Crippen LogP contribution in [0.2, 0.25) is 0 Å². The highest BCUT2D eigenvalue weighted by atomic mass is 16.5. The lowest BCUT2D eigenvalue weighted by molar-refractivity contribution is 0.0694. The van der Waals surface area contributed by atoms with Crippen LogP contribution in [0.1, 0.15) is 26.3 Å². The Bertz CT molecular complexity index is 861. The van der Waals surface area contributed by atoms with Gasteiger partial charge in [-0.25, -0.2) is 4.79 Å². The normalized spacial score (nSPS) is 15.5. The van der Waals surface area contributed by atoms with Crippen molar-refractivity contribution in [3.05, 3.63) is 59.2 Å². The molecule has 140 valence electrons. The molecule has 1 atom stereocenters. The molecule has 3 rings (SSSR count). The summed E-state index contributed by atoms with van der Waals surface area (Å²) in [5.41, 5.74) is 7.05. The molecule has 0 spiro atoms. The van der Waals surface area contributed by atoms with Crippen molar-refractivity contribution in [3.8, 4) is 5.75 Å². The van der Waals surface area contributed by atoms with Crippen molar-refractivity contribution in [1.29, 1.82) is 0 Å². The van der Waals surface area contributed by atoms with Crippen LogP contribution < -0.4 is 21.0 Å². The molecule has 9 heteroatoms. The maximum absolute atomic E-state index is 12.3. The Balaban J connectivity index is 1.83. The number of benzene rings is 2. The van der Waals surface area contributed by atoms with Crippen LogP contribution in [0.15, 0.2) is 42.5 Å². The molecule has 1 aliphatic rings. The molecule has 27 heavy (non-hydrogen) atoms. The fourth-order valence-electron chi connectivity index (χ4n) is 3.00. The van der Waals surface area contributed by atoms with E-state index in [0.29, 0.717) is 36.3 Å². The van der Waals surface area contributed by atoms with Crippen LogP contribution in [0.5, 0.6) is 5.75 Å². The molecule has 2 aromatic rings. The summed E-state index contributed by atoms with van der Waals surface area (Å²) in [5.74, 6) is -1.77. The summed E-state index contributed by atoms with van der Waals surface area (Å²) in [7, 11) is -1.27. The number of carboxylic acids is 1. The van der Waals surface area contributed by atoms with Gasteiger partial charge < -0.3 is 31.2 Å². The number of carbonyl (C=O) groups is 2. The van der Waals surface area contributed by atoms with Crippen molar-refractivity contribution in [1.82, 2.24) is 5.32 Å². The SMILES string of the molecule is NCCNC(=O)c1ccccc1N[C@H]1Cc2cccc(C(=O)O)c2OB1O. The molecule has 0 aromatic heterocycles. The van der Waals surface area contributed by atoms with Gasteiger partial charge in [0.05, 0.1) is 17.1 Å². The lowest BCUT2D eigenvalue weighted by Crippen LogP contribution is -2.47. The molecule has 0 radical (unpaired) electrons. The summed E-state index contributed by atoms with van der Waals surface area (Å²) in [6, 6.07) is 11.7. The molecule has 1 heterocycles. The van der Waals surface area contributed by atoms with E-state index in [2.05, 4.69) is 10.6 Å². The number of rotatable bonds is 6. The summed E-state index contributed by atoms with van der Waals surface area (Å²) < 4.78 is 5.47. The molecule has 0 bridgehead atoms. The summed E-state index contributed by atoms with van der Waals surface area (Å²) in [4.78, 5) is 23.6. The first-order valence-electron chi connectivity index (χ1n) is 8.55. The minimum absolute atomic E-state index is 0.00608.